The molecule has 2 heterocycles. The smallest absolute Gasteiger partial charge is 0.346 e. The van der Waals surface area contributed by atoms with Crippen molar-refractivity contribution in [3.8, 4) is 0 Å². The van der Waals surface area contributed by atoms with Crippen LogP contribution in [0.3, 0.4) is 0 Å². The number of carboxylic acid groups (broad SMARTS) is 1. The first-order valence-corrected chi connectivity index (χ1v) is 15.0. The summed E-state index contributed by atoms with van der Waals surface area (Å²) in [5, 5.41) is 14.4. The molecule has 1 aliphatic heterocycles. The quantitative estimate of drug-likeness (QED) is 0.327. The second-order valence-electron chi connectivity index (χ2n) is 9.05. The van der Waals surface area contributed by atoms with Crippen molar-refractivity contribution in [1.82, 2.24) is 0 Å². The molecule has 4 rings (SSSR count). The van der Waals surface area contributed by atoms with Crippen molar-refractivity contribution in [2.75, 3.05) is 12.3 Å². The second-order valence-corrected chi connectivity index (χ2v) is 14.3. The van der Waals surface area contributed by atoms with Gasteiger partial charge in [0.1, 0.15) is 13.0 Å². The minimum absolute atomic E-state index is 0.390. The average Bonchev–Trinajstić information content (AvgIpc) is 3.14. The first-order chi connectivity index (χ1) is 15.3. The predicted octanol–water partition coefficient (Wildman–Crippen LogP) is 5.73. The zero-order chi connectivity index (χ0) is 23.0. The summed E-state index contributed by atoms with van der Waals surface area (Å²) in [5.41, 5.74) is 13.0. The van der Waals surface area contributed by atoms with Crippen LogP contribution >= 0.6 is 11.3 Å². The zero-order valence-electron chi connectivity index (χ0n) is 19.2. The molecule has 0 saturated carbocycles. The molecule has 0 atom stereocenters. The third kappa shape index (κ3) is 3.82. The van der Waals surface area contributed by atoms with Gasteiger partial charge in [0.2, 0.25) is 0 Å². The van der Waals surface area contributed by atoms with Gasteiger partial charge in [-0.2, -0.15) is 0 Å². The summed E-state index contributed by atoms with van der Waals surface area (Å²) in [4.78, 5) is 17.3. The number of nitrogens with two attached hydrogens (primary N) is 1. The molecule has 0 amide bonds. The lowest BCUT2D eigenvalue weighted by molar-refractivity contribution is 0.0702. The molecule has 32 heavy (non-hydrogen) atoms. The van der Waals surface area contributed by atoms with Crippen molar-refractivity contribution in [2.45, 2.75) is 46.2 Å². The van der Waals surface area contributed by atoms with Crippen molar-refractivity contribution in [3.63, 3.8) is 0 Å². The van der Waals surface area contributed by atoms with E-state index in [1.807, 2.05) is 18.4 Å². The summed E-state index contributed by atoms with van der Waals surface area (Å²) in [7, 11) is -2.07. The van der Waals surface area contributed by atoms with Gasteiger partial charge >= 0.3 is 5.97 Å². The molecule has 1 aromatic carbocycles. The zero-order valence-corrected chi connectivity index (χ0v) is 21.0. The van der Waals surface area contributed by atoms with Crippen molar-refractivity contribution >= 4 is 47.5 Å². The third-order valence-electron chi connectivity index (χ3n) is 6.41. The van der Waals surface area contributed by atoms with E-state index in [1.54, 1.807) is 0 Å². The molecule has 0 bridgehead atoms. The molecule has 3 N–H and O–H groups in total. The molecule has 0 spiro atoms. The monoisotopic (exact) mass is 462 g/mol. The van der Waals surface area contributed by atoms with Crippen LogP contribution in [0.2, 0.25) is 13.1 Å². The van der Waals surface area contributed by atoms with Crippen LogP contribution in [0.25, 0.3) is 5.57 Å². The molecule has 1 aliphatic carbocycles. The van der Waals surface area contributed by atoms with Crippen LogP contribution in [-0.2, 0) is 0 Å². The van der Waals surface area contributed by atoms with Gasteiger partial charge in [0.15, 0.2) is 0 Å². The highest BCUT2D eigenvalue weighted by atomic mass is 32.1. The number of carbonyl (C=O) groups is 1. The van der Waals surface area contributed by atoms with Crippen LogP contribution in [0, 0.1) is 6.92 Å². The van der Waals surface area contributed by atoms with Gasteiger partial charge in [0.25, 0.3) is 0 Å². The molecule has 0 radical (unpaired) electrons. The van der Waals surface area contributed by atoms with Crippen LogP contribution in [-0.4, -0.2) is 31.4 Å². The summed E-state index contributed by atoms with van der Waals surface area (Å²) in [6.07, 6.45) is 9.94. The van der Waals surface area contributed by atoms with Crippen molar-refractivity contribution in [1.29, 1.82) is 0 Å². The Kier molecular flexibility index (Phi) is 6.10. The van der Waals surface area contributed by atoms with Gasteiger partial charge in [0, 0.05) is 17.8 Å². The van der Waals surface area contributed by atoms with E-state index in [4.69, 9.17) is 10.7 Å². The number of aromatic carboxylic acids is 1. The standard InChI is InChI=1S/C26H30N2O2SSi/c1-5-6-7-12-28-18-9-11-20-22(14-18)32(3,4)21-13-17(27)8-10-19(21)24(20)23-16(2)15-31-25(23)26(29)30/h8-11,13-15H,5-7,12,27H2,1-4H3,(H,29,30)/b28-18-. The van der Waals surface area contributed by atoms with Crippen molar-refractivity contribution in [2.24, 2.45) is 4.99 Å². The lowest BCUT2D eigenvalue weighted by atomic mass is 9.88. The predicted molar refractivity (Wildman–Crippen MR) is 139 cm³/mol. The van der Waals surface area contributed by atoms with E-state index in [0.717, 1.165) is 52.2 Å². The van der Waals surface area contributed by atoms with E-state index in [1.165, 1.54) is 34.6 Å². The summed E-state index contributed by atoms with van der Waals surface area (Å²) >= 11 is 1.30. The number of nitrogen functional groups attached to an aromatic ring is 1. The highest BCUT2D eigenvalue weighted by molar-refractivity contribution is 7.12. The van der Waals surface area contributed by atoms with Crippen LogP contribution in [0.4, 0.5) is 5.69 Å². The number of allylic oxidation sites excluding steroid dienone is 5. The Morgan fingerprint density at radius 2 is 2.00 bits per heavy atom. The number of aliphatic imine (C=N–C) groups is 1. The van der Waals surface area contributed by atoms with E-state index in [-0.39, 0.29) is 0 Å². The Bertz CT molecular complexity index is 1210. The SMILES string of the molecule is CCCCC/N=C1/C=CC2=C(c3c(C)csc3C(=O)O)c3ccc(N)cc3[Si](C)(C)C2=C1. The molecule has 4 nitrogen and oxygen atoms in total. The molecule has 2 aromatic rings. The molecule has 6 heteroatoms. The maximum absolute atomic E-state index is 12.1. The Hall–Kier alpha value is -2.70. The summed E-state index contributed by atoms with van der Waals surface area (Å²) in [5.74, 6) is -0.881. The molecular formula is C26H30N2O2SSi. The second kappa shape index (κ2) is 8.68. The number of thiophene rings is 1. The fourth-order valence-electron chi connectivity index (χ4n) is 4.70. The van der Waals surface area contributed by atoms with E-state index in [2.05, 4.69) is 50.4 Å². The third-order valence-corrected chi connectivity index (χ3v) is 11.0. The van der Waals surface area contributed by atoms with Gasteiger partial charge in [-0.25, -0.2) is 4.79 Å². The van der Waals surface area contributed by atoms with Gasteiger partial charge in [-0.05, 0) is 75.7 Å². The summed E-state index contributed by atoms with van der Waals surface area (Å²) < 4.78 is 0. The number of hydrogen-bond donors (Lipinski definition) is 2. The van der Waals surface area contributed by atoms with E-state index >= 15 is 0 Å². The Balaban J connectivity index is 1.97. The number of aryl methyl sites for hydroxylation is 1. The van der Waals surface area contributed by atoms with E-state index in [9.17, 15) is 9.90 Å². The van der Waals surface area contributed by atoms with Gasteiger partial charge < -0.3 is 10.8 Å². The summed E-state index contributed by atoms with van der Waals surface area (Å²) in [6, 6.07) is 6.09. The number of hydrogen-bond acceptors (Lipinski definition) is 4. The molecule has 2 aliphatic rings. The maximum atomic E-state index is 12.1. The first kappa shape index (κ1) is 22.5. The molecule has 166 valence electrons. The van der Waals surface area contributed by atoms with Gasteiger partial charge in [-0.15, -0.1) is 11.3 Å². The Morgan fingerprint density at radius 1 is 1.22 bits per heavy atom. The fraction of sp³-hybridized carbons (Fsp3) is 0.308. The molecular weight excluding hydrogens is 432 g/mol. The molecule has 0 unspecified atom stereocenters. The Morgan fingerprint density at radius 3 is 2.72 bits per heavy atom. The van der Waals surface area contributed by atoms with Gasteiger partial charge in [-0.1, -0.05) is 45.0 Å². The average molecular weight is 463 g/mol. The van der Waals surface area contributed by atoms with E-state index in [0.29, 0.717) is 4.88 Å². The van der Waals surface area contributed by atoms with Crippen LogP contribution < -0.4 is 10.9 Å². The Labute approximate surface area is 194 Å². The number of benzene rings is 1. The first-order valence-electron chi connectivity index (χ1n) is 11.2. The fourth-order valence-corrected chi connectivity index (χ4v) is 8.69. The normalized spacial score (nSPS) is 17.9. The van der Waals surface area contributed by atoms with Crippen LogP contribution in [0.1, 0.15) is 52.5 Å². The number of fused-ring (bicyclic) bond motifs is 2. The lowest BCUT2D eigenvalue weighted by Gasteiger charge is -2.38. The topological polar surface area (TPSA) is 75.7 Å². The van der Waals surface area contributed by atoms with Gasteiger partial charge in [-0.3, -0.25) is 4.99 Å². The highest BCUT2D eigenvalue weighted by Crippen LogP contribution is 2.44. The minimum atomic E-state index is -2.07. The lowest BCUT2D eigenvalue weighted by Crippen LogP contribution is -2.49. The summed E-state index contributed by atoms with van der Waals surface area (Å²) in [6.45, 7) is 9.73. The molecule has 0 saturated heterocycles. The van der Waals surface area contributed by atoms with Crippen LogP contribution in [0.5, 0.6) is 0 Å². The number of anilines is 1. The minimum Gasteiger partial charge on any atom is -0.477 e. The van der Waals surface area contributed by atoms with Gasteiger partial charge in [0.05, 0.1) is 5.71 Å². The highest BCUT2D eigenvalue weighted by Gasteiger charge is 2.40. The van der Waals surface area contributed by atoms with Crippen molar-refractivity contribution < 1.29 is 9.90 Å². The molecule has 1 aromatic heterocycles. The number of nitrogens with zero attached hydrogens (tertiary/aromatic N) is 1. The van der Waals surface area contributed by atoms with Crippen LogP contribution in [0.15, 0.2) is 57.6 Å². The van der Waals surface area contributed by atoms with E-state index < -0.39 is 14.0 Å². The molecule has 0 fully saturated rings. The maximum Gasteiger partial charge on any atom is 0.346 e. The number of rotatable bonds is 6. The van der Waals surface area contributed by atoms with Crippen molar-refractivity contribution in [3.05, 3.63) is 74.1 Å². The number of carboxylic acids is 1. The largest absolute Gasteiger partial charge is 0.477 e. The number of unbranched alkanes of at least 4 members (excludes halogenated alkanes) is 2.